The smallest absolute Gasteiger partial charge is 0.290 e. The van der Waals surface area contributed by atoms with Gasteiger partial charge < -0.3 is 14.9 Å². The van der Waals surface area contributed by atoms with Crippen LogP contribution >= 0.6 is 0 Å². The Morgan fingerprint density at radius 3 is 2.48 bits per heavy atom. The highest BCUT2D eigenvalue weighted by atomic mass is 32.2. The Morgan fingerprint density at radius 2 is 1.86 bits per heavy atom. The van der Waals surface area contributed by atoms with E-state index < -0.39 is 10.0 Å². The summed E-state index contributed by atoms with van der Waals surface area (Å²) < 4.78 is 24.9. The number of aromatic nitrogens is 1. The summed E-state index contributed by atoms with van der Waals surface area (Å²) in [7, 11) is 0.00401. The molecule has 2 rings (SSSR count). The summed E-state index contributed by atoms with van der Waals surface area (Å²) in [6, 6.07) is 3.89. The van der Waals surface area contributed by atoms with Gasteiger partial charge >= 0.3 is 0 Å². The molecule has 10 heteroatoms. The van der Waals surface area contributed by atoms with Gasteiger partial charge in [-0.3, -0.25) is 14.6 Å². The molecule has 0 unspecified atom stereocenters. The fraction of sp³-hybridized carbons (Fsp3) is 0.632. The van der Waals surface area contributed by atoms with Gasteiger partial charge in [-0.05, 0) is 50.0 Å². The maximum absolute atomic E-state index is 12.5. The van der Waals surface area contributed by atoms with Gasteiger partial charge in [0.1, 0.15) is 0 Å². The molecule has 0 atom stereocenters. The van der Waals surface area contributed by atoms with Crippen LogP contribution in [0.2, 0.25) is 0 Å². The normalized spacial score (nSPS) is 15.3. The Kier molecular flexibility index (Phi) is 11.4. The van der Waals surface area contributed by atoms with Crippen LogP contribution < -0.4 is 0 Å². The minimum absolute atomic E-state index is 0.172. The minimum atomic E-state index is -3.13. The van der Waals surface area contributed by atoms with E-state index in [9.17, 15) is 13.2 Å². The lowest BCUT2D eigenvalue weighted by atomic mass is 10.1. The Morgan fingerprint density at radius 1 is 1.21 bits per heavy atom. The molecule has 0 aliphatic carbocycles. The van der Waals surface area contributed by atoms with E-state index in [4.69, 9.17) is 9.90 Å². The number of sulfonamides is 1. The lowest BCUT2D eigenvalue weighted by Crippen LogP contribution is -2.36. The quantitative estimate of drug-likeness (QED) is 0.601. The van der Waals surface area contributed by atoms with Crippen molar-refractivity contribution in [2.45, 2.75) is 25.7 Å². The highest BCUT2D eigenvalue weighted by Gasteiger charge is 2.20. The van der Waals surface area contributed by atoms with Crippen LogP contribution in [-0.2, 0) is 26.0 Å². The Hall–Kier alpha value is -2.04. The molecule has 2 heterocycles. The van der Waals surface area contributed by atoms with Crippen LogP contribution in [0.15, 0.2) is 24.5 Å². The number of hydrogen-bond donors (Lipinski definition) is 1. The standard InChI is InChI=1S/C18H30N4O3S.CH2O2/c1-20(2)26(24,25)16-4-12-21-11-3-13-22(15-14-21)18(23)6-5-17-7-9-19-10-8-17;2-1-3/h7-10H,3-6,11-16H2,1-2H3;1H,(H,2,3). The van der Waals surface area contributed by atoms with Crippen molar-refractivity contribution < 1.29 is 23.1 Å². The maximum atomic E-state index is 12.5. The van der Waals surface area contributed by atoms with Gasteiger partial charge in [0.25, 0.3) is 6.47 Å². The molecular formula is C19H32N4O5S. The Labute approximate surface area is 173 Å². The molecule has 9 nitrogen and oxygen atoms in total. The third kappa shape index (κ3) is 9.82. The fourth-order valence-corrected chi connectivity index (χ4v) is 3.91. The van der Waals surface area contributed by atoms with Crippen molar-refractivity contribution in [3.8, 4) is 0 Å². The van der Waals surface area contributed by atoms with Crippen LogP contribution in [-0.4, -0.2) is 97.6 Å². The molecular weight excluding hydrogens is 396 g/mol. The first-order chi connectivity index (χ1) is 13.8. The van der Waals surface area contributed by atoms with Crippen LogP contribution in [0.25, 0.3) is 0 Å². The lowest BCUT2D eigenvalue weighted by molar-refractivity contribution is -0.131. The highest BCUT2D eigenvalue weighted by Crippen LogP contribution is 2.09. The molecule has 164 valence electrons. The second kappa shape index (κ2) is 13.2. The number of aryl methyl sites for hydroxylation is 1. The predicted octanol–water partition coefficient (Wildman–Crippen LogP) is 0.531. The molecule has 1 N–H and O–H groups in total. The average molecular weight is 429 g/mol. The van der Waals surface area contributed by atoms with E-state index in [0.717, 1.165) is 51.1 Å². The molecule has 29 heavy (non-hydrogen) atoms. The van der Waals surface area contributed by atoms with Crippen LogP contribution in [0, 0.1) is 0 Å². The highest BCUT2D eigenvalue weighted by molar-refractivity contribution is 7.89. The Bertz CT molecular complexity index is 713. The molecule has 1 saturated heterocycles. The van der Waals surface area contributed by atoms with Crippen molar-refractivity contribution in [1.29, 1.82) is 0 Å². The van der Waals surface area contributed by atoms with Crippen molar-refractivity contribution >= 4 is 22.4 Å². The molecule has 0 radical (unpaired) electrons. The fourth-order valence-electron chi connectivity index (χ4n) is 3.06. The summed E-state index contributed by atoms with van der Waals surface area (Å²) >= 11 is 0. The van der Waals surface area contributed by atoms with Crippen LogP contribution in [0.1, 0.15) is 24.8 Å². The lowest BCUT2D eigenvalue weighted by Gasteiger charge is -2.22. The van der Waals surface area contributed by atoms with Gasteiger partial charge in [-0.15, -0.1) is 0 Å². The molecule has 0 spiro atoms. The topological polar surface area (TPSA) is 111 Å². The summed E-state index contributed by atoms with van der Waals surface area (Å²) in [4.78, 5) is 29.0. The minimum Gasteiger partial charge on any atom is -0.483 e. The summed E-state index contributed by atoms with van der Waals surface area (Å²) in [5.41, 5.74) is 1.13. The molecule has 1 aromatic heterocycles. The zero-order valence-electron chi connectivity index (χ0n) is 17.2. The van der Waals surface area contributed by atoms with Gasteiger partial charge in [-0.25, -0.2) is 12.7 Å². The van der Waals surface area contributed by atoms with E-state index in [0.29, 0.717) is 12.8 Å². The number of hydrogen-bond acceptors (Lipinski definition) is 6. The number of amides is 1. The third-order valence-electron chi connectivity index (χ3n) is 4.75. The largest absolute Gasteiger partial charge is 0.483 e. The summed E-state index contributed by atoms with van der Waals surface area (Å²) in [5.74, 6) is 0.365. The molecule has 1 aliphatic rings. The number of pyridine rings is 1. The van der Waals surface area contributed by atoms with Crippen molar-refractivity contribution in [2.75, 3.05) is 52.6 Å². The van der Waals surface area contributed by atoms with Crippen molar-refractivity contribution in [2.24, 2.45) is 0 Å². The van der Waals surface area contributed by atoms with Gasteiger partial charge in [-0.2, -0.15) is 0 Å². The summed E-state index contributed by atoms with van der Waals surface area (Å²) in [6.45, 7) is 3.72. The predicted molar refractivity (Wildman–Crippen MR) is 111 cm³/mol. The van der Waals surface area contributed by atoms with E-state index in [-0.39, 0.29) is 18.1 Å². The molecule has 1 aliphatic heterocycles. The SMILES string of the molecule is CN(C)S(=O)(=O)CCCN1CCCN(C(=O)CCc2ccncc2)CC1.O=CO. The molecule has 1 fully saturated rings. The van der Waals surface area contributed by atoms with Gasteiger partial charge in [0, 0.05) is 52.5 Å². The van der Waals surface area contributed by atoms with E-state index in [1.54, 1.807) is 26.5 Å². The van der Waals surface area contributed by atoms with E-state index >= 15 is 0 Å². The number of nitrogens with zero attached hydrogens (tertiary/aromatic N) is 4. The average Bonchev–Trinajstić information content (AvgIpc) is 2.93. The second-order valence-corrected chi connectivity index (χ2v) is 9.29. The van der Waals surface area contributed by atoms with E-state index in [2.05, 4.69) is 9.88 Å². The number of carbonyl (C=O) groups is 2. The number of carbonyl (C=O) groups excluding carboxylic acids is 1. The first-order valence-electron chi connectivity index (χ1n) is 9.67. The number of rotatable bonds is 8. The summed E-state index contributed by atoms with van der Waals surface area (Å²) in [5, 5.41) is 6.89. The van der Waals surface area contributed by atoms with Crippen LogP contribution in [0.4, 0.5) is 0 Å². The second-order valence-electron chi connectivity index (χ2n) is 6.99. The molecule has 1 aromatic rings. The Balaban J connectivity index is 0.00000132. The van der Waals surface area contributed by atoms with E-state index in [1.807, 2.05) is 17.0 Å². The van der Waals surface area contributed by atoms with Gasteiger partial charge in [-0.1, -0.05) is 0 Å². The van der Waals surface area contributed by atoms with Crippen molar-refractivity contribution in [3.63, 3.8) is 0 Å². The first-order valence-corrected chi connectivity index (χ1v) is 11.3. The van der Waals surface area contributed by atoms with Crippen molar-refractivity contribution in [1.82, 2.24) is 19.1 Å². The van der Waals surface area contributed by atoms with Crippen LogP contribution in [0.5, 0.6) is 0 Å². The molecule has 0 aromatic carbocycles. The van der Waals surface area contributed by atoms with Crippen LogP contribution in [0.3, 0.4) is 0 Å². The molecule has 0 saturated carbocycles. The number of carboxylic acid groups (broad SMARTS) is 1. The maximum Gasteiger partial charge on any atom is 0.290 e. The zero-order valence-corrected chi connectivity index (χ0v) is 18.1. The summed E-state index contributed by atoms with van der Waals surface area (Å²) in [6.07, 6.45) is 6.31. The molecule has 0 bridgehead atoms. The third-order valence-corrected chi connectivity index (χ3v) is 6.67. The monoisotopic (exact) mass is 428 g/mol. The van der Waals surface area contributed by atoms with Gasteiger partial charge in [0.2, 0.25) is 15.9 Å². The zero-order chi connectivity index (χ0) is 21.7. The van der Waals surface area contributed by atoms with Gasteiger partial charge in [0.05, 0.1) is 5.75 Å². The van der Waals surface area contributed by atoms with Crippen molar-refractivity contribution in [3.05, 3.63) is 30.1 Å². The van der Waals surface area contributed by atoms with E-state index in [1.165, 1.54) is 4.31 Å². The molecule has 1 amide bonds. The van der Waals surface area contributed by atoms with Gasteiger partial charge in [0.15, 0.2) is 0 Å². The first kappa shape index (κ1) is 25.0.